The summed E-state index contributed by atoms with van der Waals surface area (Å²) in [5, 5.41) is 0. The minimum atomic E-state index is -0.228. The molecule has 2 aliphatic heterocycles. The molecule has 0 saturated carbocycles. The van der Waals surface area contributed by atoms with Crippen LogP contribution >= 0.6 is 0 Å². The third-order valence-corrected chi connectivity index (χ3v) is 3.92. The Labute approximate surface area is 110 Å². The maximum Gasteiger partial charge on any atom is 0.0913 e. The highest BCUT2D eigenvalue weighted by Gasteiger charge is 2.44. The van der Waals surface area contributed by atoms with Crippen LogP contribution in [-0.2, 0) is 9.47 Å². The van der Waals surface area contributed by atoms with Gasteiger partial charge in [0.25, 0.3) is 0 Å². The molecular weight excluding hydrogens is 224 g/mol. The summed E-state index contributed by atoms with van der Waals surface area (Å²) >= 11 is 0. The Kier molecular flexibility index (Phi) is 3.66. The molecule has 0 bridgehead atoms. The third-order valence-electron chi connectivity index (χ3n) is 3.92. The van der Waals surface area contributed by atoms with E-state index >= 15 is 0 Å². The van der Waals surface area contributed by atoms with Crippen LogP contribution in [0.4, 0.5) is 0 Å². The van der Waals surface area contributed by atoms with E-state index in [1.54, 1.807) is 0 Å². The number of rotatable bonds is 2. The number of hydrogen-bond donors (Lipinski definition) is 0. The Bertz CT molecular complexity index is 375. The second-order valence-corrected chi connectivity index (χ2v) is 5.71. The molecule has 2 saturated heterocycles. The van der Waals surface area contributed by atoms with E-state index in [0.29, 0.717) is 0 Å². The maximum atomic E-state index is 6.16. The van der Waals surface area contributed by atoms with Crippen molar-refractivity contribution < 1.29 is 9.47 Å². The van der Waals surface area contributed by atoms with Crippen molar-refractivity contribution in [1.29, 1.82) is 0 Å². The summed E-state index contributed by atoms with van der Waals surface area (Å²) in [4.78, 5) is 0. The summed E-state index contributed by atoms with van der Waals surface area (Å²) < 4.78 is 12.3. The first-order valence-corrected chi connectivity index (χ1v) is 6.60. The van der Waals surface area contributed by atoms with Crippen molar-refractivity contribution in [2.24, 2.45) is 0 Å². The molecule has 2 aliphatic rings. The van der Waals surface area contributed by atoms with Gasteiger partial charge >= 0.3 is 0 Å². The smallest absolute Gasteiger partial charge is 0.0913 e. The van der Waals surface area contributed by atoms with Gasteiger partial charge in [-0.05, 0) is 51.7 Å². The van der Waals surface area contributed by atoms with E-state index in [-0.39, 0.29) is 23.4 Å². The highest BCUT2D eigenvalue weighted by atomic mass is 16.6. The first-order chi connectivity index (χ1) is 8.50. The molecule has 0 aromatic carbocycles. The van der Waals surface area contributed by atoms with Gasteiger partial charge in [-0.25, -0.2) is 0 Å². The molecule has 0 spiro atoms. The monoisotopic (exact) mass is 246 g/mol. The van der Waals surface area contributed by atoms with Crippen LogP contribution in [0.1, 0.15) is 39.5 Å². The van der Waals surface area contributed by atoms with Crippen molar-refractivity contribution >= 4 is 0 Å². The van der Waals surface area contributed by atoms with E-state index in [1.807, 2.05) is 12.2 Å². The molecule has 0 aliphatic carbocycles. The second kappa shape index (κ2) is 4.91. The summed E-state index contributed by atoms with van der Waals surface area (Å²) in [6.45, 7) is 11.5. The van der Waals surface area contributed by atoms with Crippen molar-refractivity contribution in [2.75, 3.05) is 0 Å². The predicted molar refractivity (Wildman–Crippen MR) is 72.4 cm³/mol. The summed E-state index contributed by atoms with van der Waals surface area (Å²) in [5.74, 6) is 0. The molecule has 0 aromatic rings. The Morgan fingerprint density at radius 1 is 0.944 bits per heavy atom. The second-order valence-electron chi connectivity index (χ2n) is 5.71. The highest BCUT2D eigenvalue weighted by Crippen LogP contribution is 2.40. The average molecular weight is 246 g/mol. The Morgan fingerprint density at radius 3 is 1.67 bits per heavy atom. The molecule has 0 amide bonds. The molecule has 0 radical (unpaired) electrons. The van der Waals surface area contributed by atoms with Gasteiger partial charge in [-0.1, -0.05) is 13.2 Å². The Hall–Kier alpha value is -1.04. The molecule has 0 unspecified atom stereocenters. The van der Waals surface area contributed by atoms with Gasteiger partial charge < -0.3 is 9.47 Å². The molecular formula is C16H22O2. The number of hydrogen-bond acceptors (Lipinski definition) is 2. The SMILES string of the molecule is C=C=C[C@@]1(C)CC[C@H]2O[C@](C)(C=C=C)CC[C@@H]2O1. The van der Waals surface area contributed by atoms with Crippen molar-refractivity contribution in [3.05, 3.63) is 36.8 Å². The minimum Gasteiger partial charge on any atom is -0.365 e. The number of fused-ring (bicyclic) bond motifs is 1. The van der Waals surface area contributed by atoms with Gasteiger partial charge in [0, 0.05) is 0 Å². The predicted octanol–water partition coefficient (Wildman–Crippen LogP) is 3.54. The van der Waals surface area contributed by atoms with Crippen LogP contribution in [0.5, 0.6) is 0 Å². The fourth-order valence-corrected chi connectivity index (χ4v) is 2.95. The first-order valence-electron chi connectivity index (χ1n) is 6.60. The molecule has 0 aromatic heterocycles. The summed E-state index contributed by atoms with van der Waals surface area (Å²) in [7, 11) is 0. The molecule has 18 heavy (non-hydrogen) atoms. The zero-order chi connectivity index (χ0) is 13.2. The van der Waals surface area contributed by atoms with Crippen LogP contribution in [0, 0.1) is 0 Å². The Balaban J connectivity index is 2.08. The van der Waals surface area contributed by atoms with Crippen LogP contribution in [0.3, 0.4) is 0 Å². The lowest BCUT2D eigenvalue weighted by Gasteiger charge is -2.48. The summed E-state index contributed by atoms with van der Waals surface area (Å²) in [6, 6.07) is 0. The summed E-state index contributed by atoms with van der Waals surface area (Å²) in [6.07, 6.45) is 8.15. The van der Waals surface area contributed by atoms with Crippen molar-refractivity contribution in [1.82, 2.24) is 0 Å². The highest BCUT2D eigenvalue weighted by molar-refractivity contribution is 5.06. The molecule has 4 atom stereocenters. The maximum absolute atomic E-state index is 6.16. The number of ether oxygens (including phenoxy) is 2. The van der Waals surface area contributed by atoms with Gasteiger partial charge in [0.1, 0.15) is 0 Å². The molecule has 2 nitrogen and oxygen atoms in total. The van der Waals surface area contributed by atoms with Crippen LogP contribution in [0.15, 0.2) is 36.8 Å². The van der Waals surface area contributed by atoms with Gasteiger partial charge in [-0.2, -0.15) is 0 Å². The quantitative estimate of drug-likeness (QED) is 0.694. The van der Waals surface area contributed by atoms with Crippen LogP contribution < -0.4 is 0 Å². The first kappa shape index (κ1) is 13.4. The minimum absolute atomic E-state index is 0.180. The van der Waals surface area contributed by atoms with Crippen LogP contribution in [0.2, 0.25) is 0 Å². The zero-order valence-corrected chi connectivity index (χ0v) is 11.4. The largest absolute Gasteiger partial charge is 0.365 e. The van der Waals surface area contributed by atoms with E-state index in [4.69, 9.17) is 9.47 Å². The van der Waals surface area contributed by atoms with E-state index in [9.17, 15) is 0 Å². The lowest BCUT2D eigenvalue weighted by Crippen LogP contribution is -2.52. The molecule has 98 valence electrons. The molecule has 2 heterocycles. The standard InChI is InChI=1S/C16H22O2/c1-5-9-15(3)11-7-14-13(17-15)8-12-16(4,18-14)10-6-2/h9-10,13-14H,1-2,7-8,11-12H2,3-4H3/t13-,14+,15-,16+. The average Bonchev–Trinajstić information content (AvgIpc) is 2.30. The molecule has 2 heteroatoms. The van der Waals surface area contributed by atoms with Gasteiger partial charge in [-0.15, -0.1) is 11.5 Å². The van der Waals surface area contributed by atoms with Gasteiger partial charge in [0.05, 0.1) is 23.4 Å². The molecule has 0 N–H and O–H groups in total. The summed E-state index contributed by atoms with van der Waals surface area (Å²) in [5.41, 5.74) is 5.23. The van der Waals surface area contributed by atoms with E-state index in [2.05, 4.69) is 38.5 Å². The normalized spacial score (nSPS) is 43.2. The van der Waals surface area contributed by atoms with Crippen molar-refractivity contribution in [2.45, 2.75) is 62.9 Å². The van der Waals surface area contributed by atoms with Crippen LogP contribution in [0.25, 0.3) is 0 Å². The third kappa shape index (κ3) is 2.68. The van der Waals surface area contributed by atoms with Crippen LogP contribution in [-0.4, -0.2) is 23.4 Å². The van der Waals surface area contributed by atoms with Gasteiger partial charge in [-0.3, -0.25) is 0 Å². The topological polar surface area (TPSA) is 18.5 Å². The lowest BCUT2D eigenvalue weighted by molar-refractivity contribution is -0.219. The van der Waals surface area contributed by atoms with Crippen molar-refractivity contribution in [3.63, 3.8) is 0 Å². The lowest BCUT2D eigenvalue weighted by atomic mass is 9.84. The Morgan fingerprint density at radius 2 is 1.33 bits per heavy atom. The van der Waals surface area contributed by atoms with Gasteiger partial charge in [0.15, 0.2) is 0 Å². The van der Waals surface area contributed by atoms with Crippen molar-refractivity contribution in [3.8, 4) is 0 Å². The molecule has 2 fully saturated rings. The van der Waals surface area contributed by atoms with E-state index in [1.165, 1.54) is 0 Å². The van der Waals surface area contributed by atoms with E-state index in [0.717, 1.165) is 25.7 Å². The van der Waals surface area contributed by atoms with E-state index < -0.39 is 0 Å². The fourth-order valence-electron chi connectivity index (χ4n) is 2.95. The fraction of sp³-hybridized carbons (Fsp3) is 0.625. The van der Waals surface area contributed by atoms with Gasteiger partial charge in [0.2, 0.25) is 0 Å². The molecule has 2 rings (SSSR count). The zero-order valence-electron chi connectivity index (χ0n) is 11.4.